The van der Waals surface area contributed by atoms with Gasteiger partial charge in [-0.3, -0.25) is 0 Å². The Hall–Kier alpha value is 0.137. The molecule has 1 N–H and O–H groups in total. The van der Waals surface area contributed by atoms with Crippen molar-refractivity contribution < 1.29 is 9.53 Å². The summed E-state index contributed by atoms with van der Waals surface area (Å²) in [6.07, 6.45) is 4.60. The first kappa shape index (κ1) is 15.5. The molecular formula is C16H32O2Si. The summed E-state index contributed by atoms with van der Waals surface area (Å²) in [5, 5.41) is 10.7. The number of fused-ring (bicyclic) bond motifs is 1. The first-order chi connectivity index (χ1) is 8.75. The molecule has 2 aliphatic rings. The molecule has 0 aliphatic heterocycles. The van der Waals surface area contributed by atoms with Crippen molar-refractivity contribution in [3.63, 3.8) is 0 Å². The molecule has 2 rings (SSSR count). The van der Waals surface area contributed by atoms with E-state index in [9.17, 15) is 5.11 Å². The molecular weight excluding hydrogens is 252 g/mol. The van der Waals surface area contributed by atoms with Crippen molar-refractivity contribution in [2.24, 2.45) is 5.92 Å². The standard InChI is InChI=1S/C16H32O2Si/c1-11(2)19(12(3)4,13(5)6)18-15-9-7-8-14-10-16(14,15)17/h11-15,17H,7-10H2,1-6H3/t14-,15+,16-/m1/s1. The minimum atomic E-state index is -1.84. The summed E-state index contributed by atoms with van der Waals surface area (Å²) in [6, 6.07) is 0. The molecule has 0 heterocycles. The van der Waals surface area contributed by atoms with Gasteiger partial charge in [0.2, 0.25) is 8.32 Å². The highest BCUT2D eigenvalue weighted by Gasteiger charge is 2.62. The van der Waals surface area contributed by atoms with E-state index >= 15 is 0 Å². The quantitative estimate of drug-likeness (QED) is 0.754. The predicted molar refractivity (Wildman–Crippen MR) is 82.8 cm³/mol. The molecule has 0 bridgehead atoms. The molecule has 0 spiro atoms. The number of aliphatic hydroxyl groups is 1. The van der Waals surface area contributed by atoms with E-state index in [4.69, 9.17) is 4.43 Å². The fourth-order valence-electron chi connectivity index (χ4n) is 4.70. The van der Waals surface area contributed by atoms with Crippen LogP contribution in [0.1, 0.15) is 67.2 Å². The highest BCUT2D eigenvalue weighted by atomic mass is 28.4. The third-order valence-electron chi connectivity index (χ3n) is 5.75. The topological polar surface area (TPSA) is 29.5 Å². The van der Waals surface area contributed by atoms with Crippen LogP contribution in [0.5, 0.6) is 0 Å². The average Bonchev–Trinajstić information content (AvgIpc) is 2.96. The molecule has 19 heavy (non-hydrogen) atoms. The molecule has 0 radical (unpaired) electrons. The molecule has 2 aliphatic carbocycles. The Labute approximate surface area is 120 Å². The molecule has 3 heteroatoms. The number of rotatable bonds is 5. The molecule has 3 atom stereocenters. The first-order valence-corrected chi connectivity index (χ1v) is 10.3. The average molecular weight is 285 g/mol. The van der Waals surface area contributed by atoms with E-state index in [1.807, 2.05) is 0 Å². The van der Waals surface area contributed by atoms with Crippen LogP contribution in [-0.2, 0) is 4.43 Å². The molecule has 0 aromatic carbocycles. The second-order valence-corrected chi connectivity index (χ2v) is 13.2. The van der Waals surface area contributed by atoms with E-state index in [-0.39, 0.29) is 6.10 Å². The molecule has 112 valence electrons. The fourth-order valence-corrected chi connectivity index (χ4v) is 10.3. The molecule has 0 unspecified atom stereocenters. The van der Waals surface area contributed by atoms with Gasteiger partial charge in [0.05, 0.1) is 11.7 Å². The summed E-state index contributed by atoms with van der Waals surface area (Å²) in [6.45, 7) is 13.9. The highest BCUT2D eigenvalue weighted by Crippen LogP contribution is 2.56. The molecule has 0 amide bonds. The Kier molecular flexibility index (Phi) is 4.21. The number of hydrogen-bond donors (Lipinski definition) is 1. The van der Waals surface area contributed by atoms with E-state index in [2.05, 4.69) is 41.5 Å². The number of hydrogen-bond acceptors (Lipinski definition) is 2. The van der Waals surface area contributed by atoms with Gasteiger partial charge in [-0.25, -0.2) is 0 Å². The van der Waals surface area contributed by atoms with E-state index < -0.39 is 13.9 Å². The Bertz CT molecular complexity index is 305. The van der Waals surface area contributed by atoms with Gasteiger partial charge in [-0.15, -0.1) is 0 Å². The van der Waals surface area contributed by atoms with Crippen molar-refractivity contribution in [3.05, 3.63) is 0 Å². The molecule has 2 saturated carbocycles. The van der Waals surface area contributed by atoms with Crippen LogP contribution in [0.25, 0.3) is 0 Å². The minimum Gasteiger partial charge on any atom is -0.410 e. The summed E-state index contributed by atoms with van der Waals surface area (Å²) in [5.41, 5.74) is 1.36. The largest absolute Gasteiger partial charge is 0.410 e. The molecule has 0 aromatic rings. The third kappa shape index (κ3) is 2.42. The SMILES string of the molecule is CC(C)[Si](O[C@H]1CCC[C@@H]2C[C@@]21O)(C(C)C)C(C)C. The maximum Gasteiger partial charge on any atom is 0.200 e. The van der Waals surface area contributed by atoms with E-state index in [1.54, 1.807) is 0 Å². The normalized spacial score (nSPS) is 35.1. The molecule has 0 aromatic heterocycles. The zero-order chi connectivity index (χ0) is 14.4. The highest BCUT2D eigenvalue weighted by molar-refractivity contribution is 6.77. The van der Waals surface area contributed by atoms with Crippen LogP contribution in [0.15, 0.2) is 0 Å². The van der Waals surface area contributed by atoms with Crippen LogP contribution in [-0.4, -0.2) is 25.1 Å². The van der Waals surface area contributed by atoms with Gasteiger partial charge in [0, 0.05) is 0 Å². The van der Waals surface area contributed by atoms with Crippen molar-refractivity contribution in [1.29, 1.82) is 0 Å². The minimum absolute atomic E-state index is 0.116. The van der Waals surface area contributed by atoms with Gasteiger partial charge in [0.25, 0.3) is 0 Å². The Morgan fingerprint density at radius 1 is 1.00 bits per heavy atom. The predicted octanol–water partition coefficient (Wildman–Crippen LogP) is 4.48. The maximum absolute atomic E-state index is 10.7. The fraction of sp³-hybridized carbons (Fsp3) is 1.00. The molecule has 2 nitrogen and oxygen atoms in total. The monoisotopic (exact) mass is 284 g/mol. The van der Waals surface area contributed by atoms with Crippen LogP contribution in [0.4, 0.5) is 0 Å². The van der Waals surface area contributed by atoms with E-state index in [1.165, 1.54) is 12.8 Å². The maximum atomic E-state index is 10.7. The Morgan fingerprint density at radius 3 is 2.00 bits per heavy atom. The van der Waals surface area contributed by atoms with Crippen molar-refractivity contribution in [2.75, 3.05) is 0 Å². The lowest BCUT2D eigenvalue weighted by Gasteiger charge is -2.46. The van der Waals surface area contributed by atoms with E-state index in [0.29, 0.717) is 22.5 Å². The van der Waals surface area contributed by atoms with Crippen LogP contribution in [0, 0.1) is 5.92 Å². The zero-order valence-electron chi connectivity index (χ0n) is 13.6. The smallest absolute Gasteiger partial charge is 0.200 e. The van der Waals surface area contributed by atoms with Crippen LogP contribution in [0.3, 0.4) is 0 Å². The van der Waals surface area contributed by atoms with Crippen molar-refractivity contribution in [3.8, 4) is 0 Å². The second kappa shape index (κ2) is 5.16. The van der Waals surface area contributed by atoms with Crippen molar-refractivity contribution in [1.82, 2.24) is 0 Å². The summed E-state index contributed by atoms with van der Waals surface area (Å²) < 4.78 is 6.81. The zero-order valence-corrected chi connectivity index (χ0v) is 14.6. The lowest BCUT2D eigenvalue weighted by atomic mass is 9.95. The van der Waals surface area contributed by atoms with Gasteiger partial charge in [-0.2, -0.15) is 0 Å². The lowest BCUT2D eigenvalue weighted by Crippen LogP contribution is -2.53. The molecule has 2 fully saturated rings. The Morgan fingerprint density at radius 2 is 1.53 bits per heavy atom. The van der Waals surface area contributed by atoms with Crippen molar-refractivity contribution in [2.45, 2.75) is 95.6 Å². The van der Waals surface area contributed by atoms with Crippen LogP contribution >= 0.6 is 0 Å². The van der Waals surface area contributed by atoms with Crippen LogP contribution in [0.2, 0.25) is 16.6 Å². The Balaban J connectivity index is 2.20. The van der Waals surface area contributed by atoms with Gasteiger partial charge in [-0.05, 0) is 41.8 Å². The van der Waals surface area contributed by atoms with E-state index in [0.717, 1.165) is 12.8 Å². The van der Waals surface area contributed by atoms with Gasteiger partial charge < -0.3 is 9.53 Å². The van der Waals surface area contributed by atoms with Gasteiger partial charge in [-0.1, -0.05) is 48.0 Å². The van der Waals surface area contributed by atoms with Crippen LogP contribution < -0.4 is 0 Å². The summed E-state index contributed by atoms with van der Waals surface area (Å²) in [4.78, 5) is 0. The second-order valence-electron chi connectivity index (χ2n) is 7.75. The van der Waals surface area contributed by atoms with Gasteiger partial charge >= 0.3 is 0 Å². The first-order valence-electron chi connectivity index (χ1n) is 8.15. The summed E-state index contributed by atoms with van der Waals surface area (Å²) >= 11 is 0. The van der Waals surface area contributed by atoms with Gasteiger partial charge in [0.1, 0.15) is 0 Å². The van der Waals surface area contributed by atoms with Gasteiger partial charge in [0.15, 0.2) is 0 Å². The lowest BCUT2D eigenvalue weighted by molar-refractivity contribution is -0.0251. The molecule has 0 saturated heterocycles. The summed E-state index contributed by atoms with van der Waals surface area (Å²) in [5.74, 6) is 0.532. The van der Waals surface area contributed by atoms with Crippen molar-refractivity contribution >= 4 is 8.32 Å². The third-order valence-corrected chi connectivity index (χ3v) is 11.9. The summed E-state index contributed by atoms with van der Waals surface area (Å²) in [7, 11) is -1.84.